The highest BCUT2D eigenvalue weighted by molar-refractivity contribution is 9.10. The first-order chi connectivity index (χ1) is 11.2. The zero-order chi connectivity index (χ0) is 16.1. The summed E-state index contributed by atoms with van der Waals surface area (Å²) < 4.78 is 11.4. The molecular formula is C17H13BrN2O3. The first-order valence-corrected chi connectivity index (χ1v) is 7.69. The average molecular weight is 373 g/mol. The van der Waals surface area contributed by atoms with E-state index < -0.39 is 0 Å². The van der Waals surface area contributed by atoms with E-state index in [1.807, 2.05) is 42.5 Å². The molecule has 3 aromatic rings. The van der Waals surface area contributed by atoms with Crippen molar-refractivity contribution in [2.75, 3.05) is 6.61 Å². The summed E-state index contributed by atoms with van der Waals surface area (Å²) in [6.45, 7) is -0.118. The highest BCUT2D eigenvalue weighted by Crippen LogP contribution is 2.24. The molecule has 0 aliphatic carbocycles. The summed E-state index contributed by atoms with van der Waals surface area (Å²) >= 11 is 3.19. The Hall–Kier alpha value is -2.60. The van der Waals surface area contributed by atoms with E-state index in [9.17, 15) is 4.79 Å². The summed E-state index contributed by atoms with van der Waals surface area (Å²) in [6, 6.07) is 17.0. The first-order valence-electron chi connectivity index (χ1n) is 6.90. The maximum absolute atomic E-state index is 11.8. The maximum atomic E-state index is 11.8. The van der Waals surface area contributed by atoms with Gasteiger partial charge in [0.1, 0.15) is 11.5 Å². The fourth-order valence-electron chi connectivity index (χ4n) is 2.06. The molecule has 1 N–H and O–H groups in total. The van der Waals surface area contributed by atoms with Crippen LogP contribution in [-0.2, 0) is 4.79 Å². The minimum Gasteiger partial charge on any atom is -0.483 e. The van der Waals surface area contributed by atoms with Crippen molar-refractivity contribution in [2.24, 2.45) is 5.10 Å². The predicted molar refractivity (Wildman–Crippen MR) is 91.6 cm³/mol. The van der Waals surface area contributed by atoms with Gasteiger partial charge >= 0.3 is 0 Å². The van der Waals surface area contributed by atoms with Gasteiger partial charge in [0.15, 0.2) is 11.3 Å². The molecule has 6 heteroatoms. The van der Waals surface area contributed by atoms with Gasteiger partial charge < -0.3 is 9.15 Å². The van der Waals surface area contributed by atoms with Crippen molar-refractivity contribution in [1.29, 1.82) is 0 Å². The molecule has 1 amide bonds. The lowest BCUT2D eigenvalue weighted by Gasteiger charge is -2.08. The Morgan fingerprint density at radius 2 is 2.00 bits per heavy atom. The molecule has 0 saturated carbocycles. The SMILES string of the molecule is O=C(COc1cccc2ccccc12)NN=Cc1ccc(Br)o1. The summed E-state index contributed by atoms with van der Waals surface area (Å²) in [4.78, 5) is 11.8. The molecule has 3 rings (SSSR count). The molecule has 0 atom stereocenters. The number of furan rings is 1. The van der Waals surface area contributed by atoms with E-state index in [-0.39, 0.29) is 12.5 Å². The normalized spacial score (nSPS) is 11.0. The van der Waals surface area contributed by atoms with Crippen molar-refractivity contribution in [1.82, 2.24) is 5.43 Å². The van der Waals surface area contributed by atoms with Gasteiger partial charge in [-0.1, -0.05) is 36.4 Å². The van der Waals surface area contributed by atoms with Crippen LogP contribution in [-0.4, -0.2) is 18.7 Å². The Labute approximate surface area is 141 Å². The van der Waals surface area contributed by atoms with Crippen molar-refractivity contribution >= 4 is 38.8 Å². The van der Waals surface area contributed by atoms with Gasteiger partial charge in [0, 0.05) is 5.39 Å². The van der Waals surface area contributed by atoms with Gasteiger partial charge in [0.05, 0.1) is 6.21 Å². The van der Waals surface area contributed by atoms with Gasteiger partial charge in [-0.25, -0.2) is 5.43 Å². The van der Waals surface area contributed by atoms with Crippen LogP contribution in [0.15, 0.2) is 68.8 Å². The number of halogens is 1. The Morgan fingerprint density at radius 1 is 1.17 bits per heavy atom. The molecule has 0 spiro atoms. The quantitative estimate of drug-likeness (QED) is 0.548. The molecule has 0 fully saturated rings. The van der Waals surface area contributed by atoms with Gasteiger partial charge in [-0.15, -0.1) is 0 Å². The largest absolute Gasteiger partial charge is 0.483 e. The molecule has 2 aromatic carbocycles. The van der Waals surface area contributed by atoms with Crippen LogP contribution in [0.2, 0.25) is 0 Å². The number of carbonyl (C=O) groups is 1. The lowest BCUT2D eigenvalue weighted by molar-refractivity contribution is -0.123. The Balaban J connectivity index is 1.57. The van der Waals surface area contributed by atoms with Crippen LogP contribution in [0.1, 0.15) is 5.76 Å². The second-order valence-corrected chi connectivity index (χ2v) is 5.48. The fourth-order valence-corrected chi connectivity index (χ4v) is 2.38. The van der Waals surface area contributed by atoms with Crippen LogP contribution >= 0.6 is 15.9 Å². The minimum absolute atomic E-state index is 0.118. The summed E-state index contributed by atoms with van der Waals surface area (Å²) in [5, 5.41) is 5.84. The number of benzene rings is 2. The van der Waals surface area contributed by atoms with Gasteiger partial charge in [0.25, 0.3) is 5.91 Å². The van der Waals surface area contributed by atoms with E-state index in [1.54, 1.807) is 12.1 Å². The number of nitrogens with zero attached hydrogens (tertiary/aromatic N) is 1. The third kappa shape index (κ3) is 3.98. The van der Waals surface area contributed by atoms with Gasteiger partial charge in [0.2, 0.25) is 0 Å². The van der Waals surface area contributed by atoms with Crippen LogP contribution in [0.3, 0.4) is 0 Å². The molecule has 0 unspecified atom stereocenters. The van der Waals surface area contributed by atoms with Crippen molar-refractivity contribution in [2.45, 2.75) is 0 Å². The molecule has 0 aliphatic rings. The van der Waals surface area contributed by atoms with E-state index in [0.29, 0.717) is 16.2 Å². The predicted octanol–water partition coefficient (Wildman–Crippen LogP) is 3.72. The molecule has 23 heavy (non-hydrogen) atoms. The van der Waals surface area contributed by atoms with Crippen molar-refractivity contribution in [3.8, 4) is 5.75 Å². The summed E-state index contributed by atoms with van der Waals surface area (Å²) in [7, 11) is 0. The topological polar surface area (TPSA) is 63.8 Å². The van der Waals surface area contributed by atoms with Crippen molar-refractivity contribution in [3.63, 3.8) is 0 Å². The third-order valence-corrected chi connectivity index (χ3v) is 3.51. The van der Waals surface area contributed by atoms with E-state index in [4.69, 9.17) is 9.15 Å². The number of hydrogen-bond acceptors (Lipinski definition) is 4. The van der Waals surface area contributed by atoms with Gasteiger partial charge in [-0.2, -0.15) is 5.10 Å². The molecular weight excluding hydrogens is 360 g/mol. The molecule has 0 aliphatic heterocycles. The molecule has 116 valence electrons. The fraction of sp³-hybridized carbons (Fsp3) is 0.0588. The zero-order valence-electron chi connectivity index (χ0n) is 12.0. The second kappa shape index (κ2) is 7.11. The average Bonchev–Trinajstić information content (AvgIpc) is 2.98. The van der Waals surface area contributed by atoms with Crippen LogP contribution in [0, 0.1) is 0 Å². The monoisotopic (exact) mass is 372 g/mol. The lowest BCUT2D eigenvalue weighted by atomic mass is 10.1. The molecule has 1 heterocycles. The lowest BCUT2D eigenvalue weighted by Crippen LogP contribution is -2.24. The number of rotatable bonds is 5. The highest BCUT2D eigenvalue weighted by Gasteiger charge is 2.05. The van der Waals surface area contributed by atoms with Crippen LogP contribution in [0.5, 0.6) is 5.75 Å². The number of amides is 1. The Kier molecular flexibility index (Phi) is 4.73. The number of carbonyl (C=O) groups excluding carboxylic acids is 1. The van der Waals surface area contributed by atoms with Crippen LogP contribution in [0.4, 0.5) is 0 Å². The second-order valence-electron chi connectivity index (χ2n) is 4.70. The maximum Gasteiger partial charge on any atom is 0.277 e. The highest BCUT2D eigenvalue weighted by atomic mass is 79.9. The molecule has 0 bridgehead atoms. The molecule has 5 nitrogen and oxygen atoms in total. The standard InChI is InChI=1S/C17H13BrN2O3/c18-16-9-8-13(23-16)10-19-20-17(21)11-22-15-7-3-5-12-4-1-2-6-14(12)15/h1-10H,11H2,(H,20,21). The van der Waals surface area contributed by atoms with Crippen molar-refractivity contribution < 1.29 is 13.9 Å². The number of hydrazone groups is 1. The van der Waals surface area contributed by atoms with Gasteiger partial charge in [-0.3, -0.25) is 4.79 Å². The van der Waals surface area contributed by atoms with E-state index >= 15 is 0 Å². The zero-order valence-corrected chi connectivity index (χ0v) is 13.6. The first kappa shape index (κ1) is 15.3. The molecule has 0 saturated heterocycles. The van der Waals surface area contributed by atoms with Crippen molar-refractivity contribution in [3.05, 3.63) is 65.0 Å². The number of hydrogen-bond donors (Lipinski definition) is 1. The smallest absolute Gasteiger partial charge is 0.277 e. The summed E-state index contributed by atoms with van der Waals surface area (Å²) in [5.74, 6) is 0.851. The number of nitrogens with one attached hydrogen (secondary N) is 1. The number of fused-ring (bicyclic) bond motifs is 1. The summed E-state index contributed by atoms with van der Waals surface area (Å²) in [6.07, 6.45) is 1.42. The Bertz CT molecular complexity index is 852. The summed E-state index contributed by atoms with van der Waals surface area (Å²) in [5.41, 5.74) is 2.39. The van der Waals surface area contributed by atoms with E-state index in [1.165, 1.54) is 6.21 Å². The van der Waals surface area contributed by atoms with E-state index in [0.717, 1.165) is 10.8 Å². The molecule has 1 aromatic heterocycles. The Morgan fingerprint density at radius 3 is 2.83 bits per heavy atom. The van der Waals surface area contributed by atoms with Crippen LogP contribution in [0.25, 0.3) is 10.8 Å². The van der Waals surface area contributed by atoms with E-state index in [2.05, 4.69) is 26.5 Å². The molecule has 0 radical (unpaired) electrons. The minimum atomic E-state index is -0.347. The third-order valence-electron chi connectivity index (χ3n) is 3.08. The van der Waals surface area contributed by atoms with Crippen LogP contribution < -0.4 is 10.2 Å². The number of ether oxygens (including phenoxy) is 1. The van der Waals surface area contributed by atoms with Gasteiger partial charge in [-0.05, 0) is 39.5 Å².